The zero-order valence-electron chi connectivity index (χ0n) is 12.0. The second-order valence-electron chi connectivity index (χ2n) is 5.96. The summed E-state index contributed by atoms with van der Waals surface area (Å²) in [6.07, 6.45) is 7.75. The molecule has 0 saturated carbocycles. The fourth-order valence-corrected chi connectivity index (χ4v) is 3.28. The van der Waals surface area contributed by atoms with Crippen molar-refractivity contribution in [3.8, 4) is 0 Å². The van der Waals surface area contributed by atoms with Crippen LogP contribution >= 0.6 is 0 Å². The Bertz CT molecular complexity index is 394. The molecule has 0 radical (unpaired) electrons. The number of hydrogen-bond acceptors (Lipinski definition) is 3. The fourth-order valence-electron chi connectivity index (χ4n) is 3.28. The highest BCUT2D eigenvalue weighted by atomic mass is 16.4. The molecule has 3 atom stereocenters. The van der Waals surface area contributed by atoms with Crippen LogP contribution in [-0.2, 0) is 9.59 Å². The molecule has 1 heterocycles. The SMILES string of the molecule is CCCC1(C(=O)NC2C=CC(C(=O)O)C2)CCCNC1. The predicted octanol–water partition coefficient (Wildman–Crippen LogP) is 1.30. The number of carboxylic acids is 1. The Kier molecular flexibility index (Phi) is 4.81. The molecule has 1 saturated heterocycles. The third-order valence-corrected chi connectivity index (χ3v) is 4.40. The molecular formula is C15H24N2O3. The van der Waals surface area contributed by atoms with Crippen LogP contribution in [0.4, 0.5) is 0 Å². The minimum atomic E-state index is -0.819. The smallest absolute Gasteiger partial charge is 0.310 e. The monoisotopic (exact) mass is 280 g/mol. The van der Waals surface area contributed by atoms with Gasteiger partial charge in [0.25, 0.3) is 0 Å². The van der Waals surface area contributed by atoms with E-state index in [1.54, 1.807) is 6.08 Å². The number of aliphatic carboxylic acids is 1. The quantitative estimate of drug-likeness (QED) is 0.663. The van der Waals surface area contributed by atoms with Crippen LogP contribution in [0.2, 0.25) is 0 Å². The molecule has 3 unspecified atom stereocenters. The second-order valence-corrected chi connectivity index (χ2v) is 5.96. The Labute approximate surface area is 119 Å². The molecule has 0 bridgehead atoms. The largest absolute Gasteiger partial charge is 0.481 e. The summed E-state index contributed by atoms with van der Waals surface area (Å²) in [5.41, 5.74) is -0.317. The van der Waals surface area contributed by atoms with Crippen molar-refractivity contribution in [3.05, 3.63) is 12.2 Å². The molecule has 0 aromatic heterocycles. The van der Waals surface area contributed by atoms with Gasteiger partial charge in [-0.25, -0.2) is 0 Å². The maximum absolute atomic E-state index is 12.6. The summed E-state index contributed by atoms with van der Waals surface area (Å²) in [6, 6.07) is -0.140. The van der Waals surface area contributed by atoms with Gasteiger partial charge in [0.1, 0.15) is 0 Å². The lowest BCUT2D eigenvalue weighted by Gasteiger charge is -2.37. The van der Waals surface area contributed by atoms with Gasteiger partial charge in [-0.15, -0.1) is 0 Å². The summed E-state index contributed by atoms with van der Waals surface area (Å²) in [4.78, 5) is 23.5. The number of carbonyl (C=O) groups excluding carboxylic acids is 1. The topological polar surface area (TPSA) is 78.4 Å². The van der Waals surface area contributed by atoms with Gasteiger partial charge in [-0.2, -0.15) is 0 Å². The number of carboxylic acid groups (broad SMARTS) is 1. The molecule has 1 amide bonds. The van der Waals surface area contributed by atoms with Crippen molar-refractivity contribution < 1.29 is 14.7 Å². The van der Waals surface area contributed by atoms with Crippen LogP contribution in [0, 0.1) is 11.3 Å². The molecule has 112 valence electrons. The van der Waals surface area contributed by atoms with Gasteiger partial charge in [0, 0.05) is 12.6 Å². The van der Waals surface area contributed by atoms with Crippen molar-refractivity contribution in [1.29, 1.82) is 0 Å². The van der Waals surface area contributed by atoms with Gasteiger partial charge < -0.3 is 15.7 Å². The van der Waals surface area contributed by atoms with Crippen LogP contribution in [0.3, 0.4) is 0 Å². The molecule has 0 aromatic rings. The third-order valence-electron chi connectivity index (χ3n) is 4.40. The molecule has 5 nitrogen and oxygen atoms in total. The minimum Gasteiger partial charge on any atom is -0.481 e. The maximum atomic E-state index is 12.6. The van der Waals surface area contributed by atoms with E-state index in [-0.39, 0.29) is 17.4 Å². The Morgan fingerprint density at radius 3 is 2.80 bits per heavy atom. The average Bonchev–Trinajstić information content (AvgIpc) is 2.89. The van der Waals surface area contributed by atoms with E-state index < -0.39 is 11.9 Å². The number of amides is 1. The van der Waals surface area contributed by atoms with Crippen LogP contribution in [0.25, 0.3) is 0 Å². The third kappa shape index (κ3) is 3.20. The molecule has 1 aliphatic carbocycles. The van der Waals surface area contributed by atoms with E-state index in [9.17, 15) is 9.59 Å². The zero-order chi connectivity index (χ0) is 14.6. The van der Waals surface area contributed by atoms with E-state index in [0.717, 1.165) is 38.8 Å². The highest BCUT2D eigenvalue weighted by molar-refractivity contribution is 5.84. The van der Waals surface area contributed by atoms with Gasteiger partial charge in [-0.3, -0.25) is 9.59 Å². The first-order chi connectivity index (χ1) is 9.57. The maximum Gasteiger partial charge on any atom is 0.310 e. The van der Waals surface area contributed by atoms with Crippen molar-refractivity contribution in [2.75, 3.05) is 13.1 Å². The summed E-state index contributed by atoms with van der Waals surface area (Å²) >= 11 is 0. The summed E-state index contributed by atoms with van der Waals surface area (Å²) in [5, 5.41) is 15.3. The van der Waals surface area contributed by atoms with Crippen molar-refractivity contribution in [1.82, 2.24) is 10.6 Å². The van der Waals surface area contributed by atoms with Gasteiger partial charge in [0.2, 0.25) is 5.91 Å². The molecule has 0 aromatic carbocycles. The molecule has 2 rings (SSSR count). The first kappa shape index (κ1) is 15.0. The van der Waals surface area contributed by atoms with Gasteiger partial charge in [-0.05, 0) is 32.2 Å². The lowest BCUT2D eigenvalue weighted by atomic mass is 9.76. The number of rotatable bonds is 5. The van der Waals surface area contributed by atoms with Crippen molar-refractivity contribution in [2.24, 2.45) is 11.3 Å². The van der Waals surface area contributed by atoms with Crippen LogP contribution in [0.5, 0.6) is 0 Å². The van der Waals surface area contributed by atoms with Gasteiger partial charge >= 0.3 is 5.97 Å². The Balaban J connectivity index is 1.96. The molecule has 3 N–H and O–H groups in total. The molecule has 20 heavy (non-hydrogen) atoms. The highest BCUT2D eigenvalue weighted by Crippen LogP contribution is 2.32. The van der Waals surface area contributed by atoms with Crippen LogP contribution in [-0.4, -0.2) is 36.1 Å². The standard InChI is InChI=1S/C15H24N2O3/c1-2-6-15(7-3-8-16-10-15)14(20)17-12-5-4-11(9-12)13(18)19/h4-5,11-12,16H,2-3,6-10H2,1H3,(H,17,20)(H,18,19). The van der Waals surface area contributed by atoms with Crippen LogP contribution in [0.1, 0.15) is 39.0 Å². The normalized spacial score (nSPS) is 33.0. The summed E-state index contributed by atoms with van der Waals surface area (Å²) < 4.78 is 0. The van der Waals surface area contributed by atoms with Crippen LogP contribution in [0.15, 0.2) is 12.2 Å². The van der Waals surface area contributed by atoms with Crippen molar-refractivity contribution in [3.63, 3.8) is 0 Å². The number of nitrogens with one attached hydrogen (secondary N) is 2. The number of carbonyl (C=O) groups is 2. The molecule has 0 spiro atoms. The summed E-state index contributed by atoms with van der Waals surface area (Å²) in [7, 11) is 0. The molecule has 5 heteroatoms. The van der Waals surface area contributed by atoms with Gasteiger partial charge in [0.05, 0.1) is 11.3 Å². The predicted molar refractivity (Wildman–Crippen MR) is 76.3 cm³/mol. The zero-order valence-corrected chi connectivity index (χ0v) is 12.0. The Morgan fingerprint density at radius 1 is 1.45 bits per heavy atom. The van der Waals surface area contributed by atoms with Crippen LogP contribution < -0.4 is 10.6 Å². The number of hydrogen-bond donors (Lipinski definition) is 3. The summed E-state index contributed by atoms with van der Waals surface area (Å²) in [6.45, 7) is 3.80. The van der Waals surface area contributed by atoms with E-state index in [2.05, 4.69) is 17.6 Å². The Morgan fingerprint density at radius 2 is 2.25 bits per heavy atom. The van der Waals surface area contributed by atoms with E-state index in [0.29, 0.717) is 6.42 Å². The number of piperidine rings is 1. The lowest BCUT2D eigenvalue weighted by Crippen LogP contribution is -2.52. The minimum absolute atomic E-state index is 0.0761. The van der Waals surface area contributed by atoms with E-state index in [4.69, 9.17) is 5.11 Å². The summed E-state index contributed by atoms with van der Waals surface area (Å²) in [5.74, 6) is -1.21. The fraction of sp³-hybridized carbons (Fsp3) is 0.733. The first-order valence-electron chi connectivity index (χ1n) is 7.50. The van der Waals surface area contributed by atoms with E-state index in [1.165, 1.54) is 0 Å². The van der Waals surface area contributed by atoms with Gasteiger partial charge in [-0.1, -0.05) is 25.5 Å². The molecule has 2 aliphatic rings. The average molecular weight is 280 g/mol. The van der Waals surface area contributed by atoms with Gasteiger partial charge in [0.15, 0.2) is 0 Å². The van der Waals surface area contributed by atoms with Crippen molar-refractivity contribution >= 4 is 11.9 Å². The second kappa shape index (κ2) is 6.39. The molecular weight excluding hydrogens is 256 g/mol. The first-order valence-corrected chi connectivity index (χ1v) is 7.50. The van der Waals surface area contributed by atoms with E-state index in [1.807, 2.05) is 6.08 Å². The van der Waals surface area contributed by atoms with E-state index >= 15 is 0 Å². The highest BCUT2D eigenvalue weighted by Gasteiger charge is 2.39. The lowest BCUT2D eigenvalue weighted by molar-refractivity contribution is -0.140. The Hall–Kier alpha value is -1.36. The van der Waals surface area contributed by atoms with Crippen molar-refractivity contribution in [2.45, 2.75) is 45.1 Å². The molecule has 1 fully saturated rings. The molecule has 1 aliphatic heterocycles.